The maximum absolute atomic E-state index is 13.2. The Morgan fingerprint density at radius 1 is 1.06 bits per heavy atom. The molecule has 0 unspecified atom stereocenters. The van der Waals surface area contributed by atoms with Crippen LogP contribution >= 0.6 is 11.3 Å². The third-order valence-corrected chi connectivity index (χ3v) is 6.80. The summed E-state index contributed by atoms with van der Waals surface area (Å²) in [5, 5.41) is 4.95. The van der Waals surface area contributed by atoms with E-state index >= 15 is 0 Å². The van der Waals surface area contributed by atoms with Crippen LogP contribution in [0, 0.1) is 5.82 Å². The molecule has 4 aromatic rings. The quantitative estimate of drug-likeness (QED) is 0.410. The molecular weight excluding hydrogens is 469 g/mol. The predicted molar refractivity (Wildman–Crippen MR) is 131 cm³/mol. The van der Waals surface area contributed by atoms with Gasteiger partial charge in [0.05, 0.1) is 12.3 Å². The maximum Gasteiger partial charge on any atom is 0.275 e. The highest BCUT2D eigenvalue weighted by Crippen LogP contribution is 2.24. The molecule has 2 aromatic carbocycles. The molecule has 180 valence electrons. The summed E-state index contributed by atoms with van der Waals surface area (Å²) in [6.07, 6.45) is 0. The third-order valence-electron chi connectivity index (χ3n) is 5.85. The van der Waals surface area contributed by atoms with Gasteiger partial charge in [-0.05, 0) is 55.5 Å². The lowest BCUT2D eigenvalue weighted by Crippen LogP contribution is -2.48. The topological polar surface area (TPSA) is 80.0 Å². The number of rotatable bonds is 6. The lowest BCUT2D eigenvalue weighted by atomic mass is 10.1. The molecule has 0 atom stereocenters. The van der Waals surface area contributed by atoms with E-state index < -0.39 is 0 Å². The van der Waals surface area contributed by atoms with Crippen molar-refractivity contribution < 1.29 is 13.9 Å². The number of benzene rings is 2. The number of ether oxygens (including phenoxy) is 1. The van der Waals surface area contributed by atoms with Crippen molar-refractivity contribution in [2.45, 2.75) is 13.5 Å². The van der Waals surface area contributed by atoms with Gasteiger partial charge in [0.2, 0.25) is 4.96 Å². The Morgan fingerprint density at radius 2 is 1.77 bits per heavy atom. The summed E-state index contributed by atoms with van der Waals surface area (Å²) in [4.78, 5) is 34.6. The molecular formula is C25H24FN5O3S. The number of aromatic nitrogens is 3. The summed E-state index contributed by atoms with van der Waals surface area (Å²) in [6.45, 7) is 5.60. The Bertz CT molecular complexity index is 1390. The minimum absolute atomic E-state index is 0.00321. The van der Waals surface area contributed by atoms with E-state index in [2.05, 4.69) is 15.0 Å². The van der Waals surface area contributed by atoms with Crippen LogP contribution < -0.4 is 10.3 Å². The van der Waals surface area contributed by atoms with Crippen LogP contribution in [-0.2, 0) is 6.54 Å². The average Bonchev–Trinajstić information content (AvgIpc) is 3.30. The van der Waals surface area contributed by atoms with Crippen molar-refractivity contribution in [2.24, 2.45) is 0 Å². The van der Waals surface area contributed by atoms with Crippen LogP contribution in [0.3, 0.4) is 0 Å². The molecule has 0 saturated carbocycles. The first-order valence-electron chi connectivity index (χ1n) is 11.4. The highest BCUT2D eigenvalue weighted by Gasteiger charge is 2.23. The number of hydrogen-bond donors (Lipinski definition) is 0. The number of halogens is 1. The molecule has 0 spiro atoms. The lowest BCUT2D eigenvalue weighted by molar-refractivity contribution is 0.0627. The zero-order valence-electron chi connectivity index (χ0n) is 19.2. The average molecular weight is 494 g/mol. The zero-order chi connectivity index (χ0) is 24.4. The van der Waals surface area contributed by atoms with Crippen molar-refractivity contribution in [1.82, 2.24) is 24.4 Å². The van der Waals surface area contributed by atoms with E-state index in [4.69, 9.17) is 4.74 Å². The van der Waals surface area contributed by atoms with Crippen molar-refractivity contribution in [3.63, 3.8) is 0 Å². The number of hydrogen-bond acceptors (Lipinski definition) is 7. The third kappa shape index (κ3) is 5.08. The number of nitrogens with zero attached hydrogens (tertiary/aromatic N) is 5. The number of fused-ring (bicyclic) bond motifs is 1. The SMILES string of the molecule is CCOc1ccc(C(=O)N2CCN(Cc3cc(=O)n4nc(-c5ccc(F)cc5)sc4n3)CC2)cc1. The molecule has 1 aliphatic heterocycles. The smallest absolute Gasteiger partial charge is 0.275 e. The van der Waals surface area contributed by atoms with Gasteiger partial charge in [0.25, 0.3) is 11.5 Å². The fourth-order valence-corrected chi connectivity index (χ4v) is 4.96. The number of amides is 1. The van der Waals surface area contributed by atoms with Crippen LogP contribution in [-0.4, -0.2) is 63.1 Å². The molecule has 2 aromatic heterocycles. The molecule has 35 heavy (non-hydrogen) atoms. The lowest BCUT2D eigenvalue weighted by Gasteiger charge is -2.34. The van der Waals surface area contributed by atoms with E-state index in [1.807, 2.05) is 24.0 Å². The standard InChI is InChI=1S/C25H24FN5O3S/c1-2-34-21-9-5-18(6-10-21)24(33)30-13-11-29(12-14-30)16-20-15-22(32)31-25(27-20)35-23(28-31)17-3-7-19(26)8-4-17/h3-10,15H,2,11-14,16H2,1H3. The van der Waals surface area contributed by atoms with Gasteiger partial charge in [0.15, 0.2) is 0 Å². The van der Waals surface area contributed by atoms with Crippen LogP contribution in [0.1, 0.15) is 23.0 Å². The Labute approximate surface area is 205 Å². The predicted octanol–water partition coefficient (Wildman–Crippen LogP) is 3.31. The molecule has 1 aliphatic rings. The fraction of sp³-hybridized carbons (Fsp3) is 0.280. The van der Waals surface area contributed by atoms with Crippen LogP contribution in [0.5, 0.6) is 5.75 Å². The largest absolute Gasteiger partial charge is 0.494 e. The van der Waals surface area contributed by atoms with E-state index in [0.29, 0.717) is 60.6 Å². The Kier molecular flexibility index (Phi) is 6.56. The van der Waals surface area contributed by atoms with Gasteiger partial charge in [-0.3, -0.25) is 14.5 Å². The summed E-state index contributed by atoms with van der Waals surface area (Å²) in [7, 11) is 0. The van der Waals surface area contributed by atoms with Gasteiger partial charge in [-0.15, -0.1) is 0 Å². The Hall–Kier alpha value is -3.63. The highest BCUT2D eigenvalue weighted by molar-refractivity contribution is 7.19. The van der Waals surface area contributed by atoms with Gasteiger partial charge >= 0.3 is 0 Å². The van der Waals surface area contributed by atoms with Crippen molar-refractivity contribution >= 4 is 22.2 Å². The van der Waals surface area contributed by atoms with Gasteiger partial charge in [0, 0.05) is 49.9 Å². The minimum Gasteiger partial charge on any atom is -0.494 e. The van der Waals surface area contributed by atoms with Crippen LogP contribution in [0.15, 0.2) is 59.4 Å². The minimum atomic E-state index is -0.325. The second-order valence-corrected chi connectivity index (χ2v) is 9.18. The van der Waals surface area contributed by atoms with Crippen LogP contribution in [0.25, 0.3) is 15.5 Å². The van der Waals surface area contributed by atoms with E-state index in [1.165, 1.54) is 34.1 Å². The molecule has 10 heteroatoms. The number of carbonyl (C=O) groups excluding carboxylic acids is 1. The molecule has 0 N–H and O–H groups in total. The summed E-state index contributed by atoms with van der Waals surface area (Å²) >= 11 is 1.29. The molecule has 1 fully saturated rings. The fourth-order valence-electron chi connectivity index (χ4n) is 4.03. The zero-order valence-corrected chi connectivity index (χ0v) is 20.0. The summed E-state index contributed by atoms with van der Waals surface area (Å²) in [5.74, 6) is 0.428. The van der Waals surface area contributed by atoms with Crippen molar-refractivity contribution in [1.29, 1.82) is 0 Å². The molecule has 0 bridgehead atoms. The number of carbonyl (C=O) groups is 1. The first-order valence-corrected chi connectivity index (χ1v) is 12.2. The molecule has 0 aliphatic carbocycles. The van der Waals surface area contributed by atoms with E-state index in [1.54, 1.807) is 24.3 Å². The first kappa shape index (κ1) is 23.1. The molecule has 5 rings (SSSR count). The highest BCUT2D eigenvalue weighted by atomic mass is 32.1. The van der Waals surface area contributed by atoms with E-state index in [-0.39, 0.29) is 17.3 Å². The van der Waals surface area contributed by atoms with Gasteiger partial charge in [-0.1, -0.05) is 11.3 Å². The summed E-state index contributed by atoms with van der Waals surface area (Å²) < 4.78 is 19.9. The van der Waals surface area contributed by atoms with E-state index in [0.717, 1.165) is 11.3 Å². The van der Waals surface area contributed by atoms with Crippen molar-refractivity contribution in [2.75, 3.05) is 32.8 Å². The van der Waals surface area contributed by atoms with Gasteiger partial charge in [-0.25, -0.2) is 9.37 Å². The molecule has 1 amide bonds. The summed E-state index contributed by atoms with van der Waals surface area (Å²) in [6, 6.07) is 14.7. The normalized spacial score (nSPS) is 14.4. The summed E-state index contributed by atoms with van der Waals surface area (Å²) in [5.41, 5.74) is 1.79. The van der Waals surface area contributed by atoms with Crippen molar-refractivity contribution in [3.8, 4) is 16.3 Å². The molecule has 3 heterocycles. The molecule has 0 radical (unpaired) electrons. The Morgan fingerprint density at radius 3 is 2.46 bits per heavy atom. The molecule has 1 saturated heterocycles. The Balaban J connectivity index is 1.23. The van der Waals surface area contributed by atoms with Crippen molar-refractivity contribution in [3.05, 3.63) is 82.0 Å². The van der Waals surface area contributed by atoms with Gasteiger partial charge < -0.3 is 9.64 Å². The van der Waals surface area contributed by atoms with Crippen LogP contribution in [0.2, 0.25) is 0 Å². The van der Waals surface area contributed by atoms with Crippen LogP contribution in [0.4, 0.5) is 4.39 Å². The second kappa shape index (κ2) is 9.93. The molecule has 8 nitrogen and oxygen atoms in total. The first-order chi connectivity index (χ1) is 17.0. The maximum atomic E-state index is 13.2. The second-order valence-electron chi connectivity index (χ2n) is 8.22. The monoisotopic (exact) mass is 493 g/mol. The van der Waals surface area contributed by atoms with Gasteiger partial charge in [0.1, 0.15) is 16.6 Å². The van der Waals surface area contributed by atoms with Gasteiger partial charge in [-0.2, -0.15) is 9.61 Å². The number of piperazine rings is 1. The van der Waals surface area contributed by atoms with E-state index in [9.17, 15) is 14.0 Å².